The van der Waals surface area contributed by atoms with E-state index in [1.54, 1.807) is 0 Å². The van der Waals surface area contributed by atoms with Crippen LogP contribution in [0.5, 0.6) is 0 Å². The monoisotopic (exact) mass is 385 g/mol. The van der Waals surface area contributed by atoms with E-state index in [4.69, 9.17) is 9.47 Å². The van der Waals surface area contributed by atoms with Crippen LogP contribution in [0.2, 0.25) is 0 Å². The molecule has 0 aliphatic rings. The first kappa shape index (κ1) is 26.9. The predicted octanol–water partition coefficient (Wildman–Crippen LogP) is 6.89. The van der Waals surface area contributed by atoms with E-state index in [1.807, 2.05) is 0 Å². The van der Waals surface area contributed by atoms with E-state index < -0.39 is 0 Å². The molecule has 3 nitrogen and oxygen atoms in total. The van der Waals surface area contributed by atoms with Crippen molar-refractivity contribution < 1.29 is 9.47 Å². The topological polar surface area (TPSA) is 30.5 Å². The second-order valence-electron chi connectivity index (χ2n) is 7.96. The van der Waals surface area contributed by atoms with Crippen LogP contribution in [0.3, 0.4) is 0 Å². The number of ether oxygens (including phenoxy) is 2. The lowest BCUT2D eigenvalue weighted by Gasteiger charge is -2.17. The van der Waals surface area contributed by atoms with Crippen LogP contribution in [-0.4, -0.2) is 38.5 Å². The van der Waals surface area contributed by atoms with E-state index in [0.29, 0.717) is 12.2 Å². The summed E-state index contributed by atoms with van der Waals surface area (Å²) < 4.78 is 12.1. The Morgan fingerprint density at radius 1 is 0.556 bits per heavy atom. The van der Waals surface area contributed by atoms with E-state index in [-0.39, 0.29) is 0 Å². The van der Waals surface area contributed by atoms with Crippen LogP contribution in [0, 0.1) is 0 Å². The molecule has 0 spiro atoms. The molecule has 0 heterocycles. The summed E-state index contributed by atoms with van der Waals surface area (Å²) in [5.74, 6) is 0. The average Bonchev–Trinajstić information content (AvgIpc) is 2.69. The largest absolute Gasteiger partial charge is 0.378 e. The van der Waals surface area contributed by atoms with Crippen LogP contribution in [0.15, 0.2) is 0 Å². The van der Waals surface area contributed by atoms with Gasteiger partial charge in [0.25, 0.3) is 0 Å². The zero-order valence-electron chi connectivity index (χ0n) is 19.2. The summed E-state index contributed by atoms with van der Waals surface area (Å²) in [5, 5.41) is 3.53. The minimum Gasteiger partial charge on any atom is -0.378 e. The normalized spacial score (nSPS) is 13.8. The third-order valence-corrected chi connectivity index (χ3v) is 5.37. The Balaban J connectivity index is 3.42. The Kier molecular flexibility index (Phi) is 22.1. The van der Waals surface area contributed by atoms with Gasteiger partial charge in [-0.05, 0) is 51.6 Å². The van der Waals surface area contributed by atoms with E-state index in [0.717, 1.165) is 52.0 Å². The van der Waals surface area contributed by atoms with Crippen LogP contribution in [0.25, 0.3) is 0 Å². The minimum absolute atomic E-state index is 0.471. The van der Waals surface area contributed by atoms with Crippen LogP contribution in [-0.2, 0) is 9.47 Å². The molecule has 0 fully saturated rings. The Labute approximate surface area is 171 Å². The lowest BCUT2D eigenvalue weighted by molar-refractivity contribution is 0.0393. The SMILES string of the molecule is CCCCCCC(CC)OCCCNCCCOC(CC)CCCCCC. The van der Waals surface area contributed by atoms with Crippen molar-refractivity contribution in [2.75, 3.05) is 26.3 Å². The molecule has 0 amide bonds. The fourth-order valence-electron chi connectivity index (χ4n) is 3.43. The molecule has 0 aromatic rings. The standard InChI is InChI=1S/C24H51NO2/c1-5-9-11-13-17-23(7-3)26-21-15-19-25-20-16-22-27-24(8-4)18-14-12-10-6-2/h23-25H,5-22H2,1-4H3. The van der Waals surface area contributed by atoms with Gasteiger partial charge in [0.15, 0.2) is 0 Å². The van der Waals surface area contributed by atoms with Gasteiger partial charge in [0.1, 0.15) is 0 Å². The molecule has 0 saturated carbocycles. The molecule has 1 N–H and O–H groups in total. The lowest BCUT2D eigenvalue weighted by Crippen LogP contribution is -2.22. The van der Waals surface area contributed by atoms with Gasteiger partial charge in [-0.1, -0.05) is 79.1 Å². The van der Waals surface area contributed by atoms with Gasteiger partial charge < -0.3 is 14.8 Å². The first-order valence-corrected chi connectivity index (χ1v) is 12.2. The van der Waals surface area contributed by atoms with Gasteiger partial charge in [-0.3, -0.25) is 0 Å². The number of nitrogens with one attached hydrogen (secondary N) is 1. The summed E-state index contributed by atoms with van der Waals surface area (Å²) in [6.07, 6.45) is 18.6. The quantitative estimate of drug-likeness (QED) is 0.206. The smallest absolute Gasteiger partial charge is 0.0572 e. The fraction of sp³-hybridized carbons (Fsp3) is 1.00. The molecule has 0 aliphatic heterocycles. The van der Waals surface area contributed by atoms with Crippen LogP contribution in [0.1, 0.15) is 118 Å². The van der Waals surface area contributed by atoms with E-state index in [1.165, 1.54) is 64.2 Å². The van der Waals surface area contributed by atoms with Crippen LogP contribution < -0.4 is 5.32 Å². The van der Waals surface area contributed by atoms with Crippen molar-refractivity contribution >= 4 is 0 Å². The average molecular weight is 386 g/mol. The Hall–Kier alpha value is -0.120. The lowest BCUT2D eigenvalue weighted by atomic mass is 10.1. The molecule has 0 bridgehead atoms. The molecule has 0 radical (unpaired) electrons. The van der Waals surface area contributed by atoms with Crippen molar-refractivity contribution in [3.63, 3.8) is 0 Å². The zero-order valence-corrected chi connectivity index (χ0v) is 19.2. The first-order chi connectivity index (χ1) is 13.3. The molecular weight excluding hydrogens is 334 g/mol. The fourth-order valence-corrected chi connectivity index (χ4v) is 3.43. The van der Waals surface area contributed by atoms with Crippen LogP contribution in [0.4, 0.5) is 0 Å². The predicted molar refractivity (Wildman–Crippen MR) is 120 cm³/mol. The highest BCUT2D eigenvalue weighted by Crippen LogP contribution is 2.12. The van der Waals surface area contributed by atoms with Gasteiger partial charge in [-0.2, -0.15) is 0 Å². The highest BCUT2D eigenvalue weighted by atomic mass is 16.5. The van der Waals surface area contributed by atoms with Crippen molar-refractivity contribution in [3.8, 4) is 0 Å². The molecular formula is C24H51NO2. The summed E-state index contributed by atoms with van der Waals surface area (Å²) in [6, 6.07) is 0. The third-order valence-electron chi connectivity index (χ3n) is 5.37. The second kappa shape index (κ2) is 22.2. The molecule has 3 heteroatoms. The van der Waals surface area contributed by atoms with Crippen molar-refractivity contribution in [1.82, 2.24) is 5.32 Å². The molecule has 2 atom stereocenters. The molecule has 164 valence electrons. The number of hydrogen-bond acceptors (Lipinski definition) is 3. The summed E-state index contributed by atoms with van der Waals surface area (Å²) >= 11 is 0. The molecule has 0 aromatic heterocycles. The van der Waals surface area contributed by atoms with Crippen molar-refractivity contribution in [1.29, 1.82) is 0 Å². The van der Waals surface area contributed by atoms with Crippen molar-refractivity contribution in [3.05, 3.63) is 0 Å². The second-order valence-corrected chi connectivity index (χ2v) is 7.96. The Morgan fingerprint density at radius 3 is 1.37 bits per heavy atom. The third kappa shape index (κ3) is 19.0. The summed E-state index contributed by atoms with van der Waals surface area (Å²) in [4.78, 5) is 0. The molecule has 0 rings (SSSR count). The maximum Gasteiger partial charge on any atom is 0.0572 e. The van der Waals surface area contributed by atoms with Crippen molar-refractivity contribution in [2.24, 2.45) is 0 Å². The summed E-state index contributed by atoms with van der Waals surface area (Å²) in [7, 11) is 0. The zero-order chi connectivity index (χ0) is 20.0. The molecule has 0 aromatic carbocycles. The summed E-state index contributed by atoms with van der Waals surface area (Å²) in [5.41, 5.74) is 0. The van der Waals surface area contributed by atoms with Gasteiger partial charge >= 0.3 is 0 Å². The van der Waals surface area contributed by atoms with E-state index in [2.05, 4.69) is 33.0 Å². The van der Waals surface area contributed by atoms with Gasteiger partial charge in [0, 0.05) is 13.2 Å². The van der Waals surface area contributed by atoms with Gasteiger partial charge in [-0.25, -0.2) is 0 Å². The highest BCUT2D eigenvalue weighted by Gasteiger charge is 2.07. The number of unbranched alkanes of at least 4 members (excludes halogenated alkanes) is 6. The Bertz CT molecular complexity index is 247. The van der Waals surface area contributed by atoms with Gasteiger partial charge in [0.05, 0.1) is 12.2 Å². The maximum absolute atomic E-state index is 6.04. The minimum atomic E-state index is 0.471. The summed E-state index contributed by atoms with van der Waals surface area (Å²) in [6.45, 7) is 12.9. The maximum atomic E-state index is 6.04. The molecule has 0 aliphatic carbocycles. The van der Waals surface area contributed by atoms with Gasteiger partial charge in [-0.15, -0.1) is 0 Å². The van der Waals surface area contributed by atoms with Gasteiger partial charge in [0.2, 0.25) is 0 Å². The molecule has 0 saturated heterocycles. The molecule has 2 unspecified atom stereocenters. The first-order valence-electron chi connectivity index (χ1n) is 12.2. The van der Waals surface area contributed by atoms with Crippen LogP contribution >= 0.6 is 0 Å². The van der Waals surface area contributed by atoms with Crippen molar-refractivity contribution in [2.45, 2.75) is 130 Å². The number of rotatable bonds is 22. The van der Waals surface area contributed by atoms with E-state index >= 15 is 0 Å². The Morgan fingerprint density at radius 2 is 1.00 bits per heavy atom. The highest BCUT2D eigenvalue weighted by molar-refractivity contribution is 4.58. The van der Waals surface area contributed by atoms with E-state index in [9.17, 15) is 0 Å². The number of hydrogen-bond donors (Lipinski definition) is 1. The molecule has 27 heavy (non-hydrogen) atoms.